The normalized spacial score (nSPS) is 10.6. The maximum absolute atomic E-state index is 12.9. The summed E-state index contributed by atoms with van der Waals surface area (Å²) in [4.78, 5) is 53.2. The summed E-state index contributed by atoms with van der Waals surface area (Å²) in [6, 6.07) is 7.98. The van der Waals surface area contributed by atoms with Crippen molar-refractivity contribution >= 4 is 34.2 Å². The molecule has 156 valence electrons. The zero-order valence-corrected chi connectivity index (χ0v) is 16.8. The van der Waals surface area contributed by atoms with Crippen molar-refractivity contribution in [2.75, 3.05) is 17.2 Å². The first kappa shape index (κ1) is 20.8. The van der Waals surface area contributed by atoms with Crippen LogP contribution in [0.15, 0.2) is 46.1 Å². The summed E-state index contributed by atoms with van der Waals surface area (Å²) in [5.74, 6) is -0.465. The molecule has 0 saturated heterocycles. The van der Waals surface area contributed by atoms with Crippen LogP contribution < -0.4 is 26.6 Å². The molecule has 0 bridgehead atoms. The minimum atomic E-state index is -0.662. The Morgan fingerprint density at radius 1 is 1.07 bits per heavy atom. The van der Waals surface area contributed by atoms with Gasteiger partial charge in [-0.25, -0.2) is 14.3 Å². The van der Waals surface area contributed by atoms with Crippen molar-refractivity contribution in [2.45, 2.75) is 20.4 Å². The van der Waals surface area contributed by atoms with E-state index in [9.17, 15) is 19.2 Å². The molecule has 1 aromatic carbocycles. The van der Waals surface area contributed by atoms with Crippen molar-refractivity contribution in [3.05, 3.63) is 57.4 Å². The monoisotopic (exact) mass is 411 g/mol. The molecule has 30 heavy (non-hydrogen) atoms. The van der Waals surface area contributed by atoms with Crippen molar-refractivity contribution < 1.29 is 14.3 Å². The second kappa shape index (κ2) is 8.60. The van der Waals surface area contributed by atoms with Gasteiger partial charge < -0.3 is 15.4 Å². The quantitative estimate of drug-likeness (QED) is 0.626. The Labute approximate surface area is 171 Å². The maximum Gasteiger partial charge on any atom is 0.332 e. The Hall–Kier alpha value is -3.95. The van der Waals surface area contributed by atoms with Crippen LogP contribution in [-0.4, -0.2) is 32.5 Å². The lowest BCUT2D eigenvalue weighted by atomic mass is 10.2. The van der Waals surface area contributed by atoms with Crippen molar-refractivity contribution in [3.63, 3.8) is 0 Å². The largest absolute Gasteiger partial charge is 0.493 e. The van der Waals surface area contributed by atoms with E-state index < -0.39 is 23.7 Å². The molecule has 2 amide bonds. The van der Waals surface area contributed by atoms with Gasteiger partial charge in [-0.1, -0.05) is 0 Å². The fourth-order valence-corrected chi connectivity index (χ4v) is 2.98. The Morgan fingerprint density at radius 2 is 1.70 bits per heavy atom. The number of ether oxygens (including phenoxy) is 1. The van der Waals surface area contributed by atoms with Gasteiger partial charge >= 0.3 is 5.69 Å². The molecule has 10 nitrogen and oxygen atoms in total. The number of rotatable bonds is 6. The predicted octanol–water partition coefficient (Wildman–Crippen LogP) is 1.09. The molecule has 0 spiro atoms. The van der Waals surface area contributed by atoms with Crippen LogP contribution in [-0.2, 0) is 23.2 Å². The van der Waals surface area contributed by atoms with Gasteiger partial charge in [0.2, 0.25) is 11.8 Å². The van der Waals surface area contributed by atoms with Gasteiger partial charge in [0.15, 0.2) is 5.65 Å². The Morgan fingerprint density at radius 3 is 2.30 bits per heavy atom. The van der Waals surface area contributed by atoms with Gasteiger partial charge in [-0.3, -0.25) is 19.0 Å². The van der Waals surface area contributed by atoms with E-state index in [1.54, 1.807) is 37.3 Å². The predicted molar refractivity (Wildman–Crippen MR) is 112 cm³/mol. The van der Waals surface area contributed by atoms with Gasteiger partial charge in [0.1, 0.15) is 17.7 Å². The molecule has 0 aliphatic rings. The fraction of sp³-hybridized carbons (Fsp3) is 0.250. The van der Waals surface area contributed by atoms with Crippen molar-refractivity contribution in [3.8, 4) is 5.75 Å². The van der Waals surface area contributed by atoms with Crippen molar-refractivity contribution in [1.82, 2.24) is 14.1 Å². The van der Waals surface area contributed by atoms with Gasteiger partial charge in [-0.15, -0.1) is 0 Å². The first-order chi connectivity index (χ1) is 14.3. The smallest absolute Gasteiger partial charge is 0.332 e. The first-order valence-corrected chi connectivity index (χ1v) is 9.20. The highest BCUT2D eigenvalue weighted by Gasteiger charge is 2.18. The van der Waals surface area contributed by atoms with Crippen LogP contribution in [0.5, 0.6) is 5.75 Å². The minimum Gasteiger partial charge on any atom is -0.493 e. The number of carbonyl (C=O) groups excluding carboxylic acids is 2. The molecular weight excluding hydrogens is 390 g/mol. The van der Waals surface area contributed by atoms with Gasteiger partial charge in [-0.05, 0) is 37.3 Å². The summed E-state index contributed by atoms with van der Waals surface area (Å²) >= 11 is 0. The SMILES string of the molecule is CCOc1ccnc2c1c(=O)n(CC(=O)Nc1ccc(NC(C)=O)cc1)c(=O)n2C. The number of pyridine rings is 1. The van der Waals surface area contributed by atoms with E-state index >= 15 is 0 Å². The van der Waals surface area contributed by atoms with E-state index in [2.05, 4.69) is 15.6 Å². The molecule has 0 aliphatic heterocycles. The molecule has 0 unspecified atom stereocenters. The Balaban J connectivity index is 1.90. The van der Waals surface area contributed by atoms with E-state index in [0.717, 1.165) is 4.57 Å². The van der Waals surface area contributed by atoms with E-state index in [-0.39, 0.29) is 16.9 Å². The summed E-state index contributed by atoms with van der Waals surface area (Å²) < 4.78 is 7.53. The fourth-order valence-electron chi connectivity index (χ4n) is 2.98. The number of amides is 2. The van der Waals surface area contributed by atoms with Crippen LogP contribution in [0.1, 0.15) is 13.8 Å². The summed E-state index contributed by atoms with van der Waals surface area (Å²) in [6.07, 6.45) is 1.45. The average Bonchev–Trinajstić information content (AvgIpc) is 2.71. The highest BCUT2D eigenvalue weighted by atomic mass is 16.5. The molecule has 2 N–H and O–H groups in total. The third-order valence-corrected chi connectivity index (χ3v) is 4.28. The third-order valence-electron chi connectivity index (χ3n) is 4.28. The molecule has 3 aromatic rings. The van der Waals surface area contributed by atoms with Crippen molar-refractivity contribution in [1.29, 1.82) is 0 Å². The number of hydrogen-bond acceptors (Lipinski definition) is 6. The lowest BCUT2D eigenvalue weighted by molar-refractivity contribution is -0.117. The number of nitrogens with zero attached hydrogens (tertiary/aromatic N) is 3. The van der Waals surface area contributed by atoms with Crippen LogP contribution in [0.3, 0.4) is 0 Å². The molecule has 0 atom stereocenters. The Kier molecular flexibility index (Phi) is 5.95. The van der Waals surface area contributed by atoms with E-state index in [1.165, 1.54) is 24.7 Å². The van der Waals surface area contributed by atoms with Gasteiger partial charge in [0.25, 0.3) is 5.56 Å². The lowest BCUT2D eigenvalue weighted by Gasteiger charge is -2.13. The lowest BCUT2D eigenvalue weighted by Crippen LogP contribution is -2.42. The average molecular weight is 411 g/mol. The standard InChI is InChI=1S/C20H21N5O5/c1-4-30-15-9-10-21-18-17(15)19(28)25(20(29)24(18)3)11-16(27)23-14-7-5-13(6-8-14)22-12(2)26/h5-10H,4,11H2,1-3H3,(H,22,26)(H,23,27). The van der Waals surface area contributed by atoms with E-state index in [0.29, 0.717) is 23.7 Å². The second-order valence-corrected chi connectivity index (χ2v) is 6.48. The molecule has 0 saturated carbocycles. The molecule has 0 radical (unpaired) electrons. The zero-order valence-electron chi connectivity index (χ0n) is 16.8. The Bertz CT molecular complexity index is 1230. The summed E-state index contributed by atoms with van der Waals surface area (Å²) in [7, 11) is 1.47. The molecule has 0 aliphatic carbocycles. The number of aromatic nitrogens is 3. The molecule has 3 rings (SSSR count). The highest BCUT2D eigenvalue weighted by molar-refractivity contribution is 5.92. The number of nitrogens with one attached hydrogen (secondary N) is 2. The van der Waals surface area contributed by atoms with Gasteiger partial charge in [-0.2, -0.15) is 0 Å². The van der Waals surface area contributed by atoms with Crippen LogP contribution in [0.2, 0.25) is 0 Å². The summed E-state index contributed by atoms with van der Waals surface area (Å²) in [6.45, 7) is 3.02. The number of aryl methyl sites for hydroxylation is 1. The van der Waals surface area contributed by atoms with Crippen LogP contribution in [0, 0.1) is 0 Å². The topological polar surface area (TPSA) is 124 Å². The van der Waals surface area contributed by atoms with E-state index in [1.807, 2.05) is 0 Å². The number of benzene rings is 1. The van der Waals surface area contributed by atoms with Crippen molar-refractivity contribution in [2.24, 2.45) is 7.05 Å². The van der Waals surface area contributed by atoms with E-state index in [4.69, 9.17) is 4.74 Å². The minimum absolute atomic E-state index is 0.133. The van der Waals surface area contributed by atoms with Gasteiger partial charge in [0, 0.05) is 31.5 Å². The molecule has 2 aromatic heterocycles. The molecular formula is C20H21N5O5. The highest BCUT2D eigenvalue weighted by Crippen LogP contribution is 2.19. The second-order valence-electron chi connectivity index (χ2n) is 6.48. The van der Waals surface area contributed by atoms with Crippen LogP contribution >= 0.6 is 0 Å². The molecule has 2 heterocycles. The van der Waals surface area contributed by atoms with Gasteiger partial charge in [0.05, 0.1) is 6.61 Å². The number of fused-ring (bicyclic) bond motifs is 1. The number of anilines is 2. The number of hydrogen-bond donors (Lipinski definition) is 2. The summed E-state index contributed by atoms with van der Waals surface area (Å²) in [5, 5.41) is 5.38. The maximum atomic E-state index is 12.9. The molecule has 0 fully saturated rings. The zero-order chi connectivity index (χ0) is 21.8. The third kappa shape index (κ3) is 4.22. The van der Waals surface area contributed by atoms with Crippen LogP contribution in [0.25, 0.3) is 11.0 Å². The number of carbonyl (C=O) groups is 2. The summed E-state index contributed by atoms with van der Waals surface area (Å²) in [5.41, 5.74) is -0.0979. The van der Waals surface area contributed by atoms with Crippen LogP contribution in [0.4, 0.5) is 11.4 Å². The molecule has 10 heteroatoms. The first-order valence-electron chi connectivity index (χ1n) is 9.20.